The van der Waals surface area contributed by atoms with Gasteiger partial charge in [-0.05, 0) is 11.6 Å². The summed E-state index contributed by atoms with van der Waals surface area (Å²) in [5.74, 6) is 0.816. The fourth-order valence-corrected chi connectivity index (χ4v) is 2.02. The highest BCUT2D eigenvalue weighted by atomic mass is 35.5. The summed E-state index contributed by atoms with van der Waals surface area (Å²) in [7, 11) is 1.85. The van der Waals surface area contributed by atoms with Gasteiger partial charge in [-0.3, -0.25) is 4.68 Å². The molecule has 2 rings (SSSR count). The van der Waals surface area contributed by atoms with Crippen molar-refractivity contribution >= 4 is 11.6 Å². The van der Waals surface area contributed by atoms with E-state index in [-0.39, 0.29) is 5.92 Å². The highest BCUT2D eigenvalue weighted by Crippen LogP contribution is 2.27. The van der Waals surface area contributed by atoms with Gasteiger partial charge in [0.15, 0.2) is 0 Å². The number of halogens is 1. The molecule has 1 heterocycles. The average molecular weight is 237 g/mol. The van der Waals surface area contributed by atoms with Crippen LogP contribution in [-0.2, 0) is 7.05 Å². The minimum atomic E-state index is -0.0128. The lowest BCUT2D eigenvalue weighted by molar-refractivity contribution is 0.649. The zero-order chi connectivity index (χ0) is 11.5. The second-order valence-electron chi connectivity index (χ2n) is 3.55. The third-order valence-corrected chi connectivity index (χ3v) is 2.92. The van der Waals surface area contributed by atoms with Gasteiger partial charge in [-0.15, -0.1) is 0 Å². The standard InChI is InChI=1S/C11H13ClN4/c1-16-11(14-7-15-16)9(6-13)8-4-2-3-5-10(8)12/h2-5,7,9H,6,13H2,1H3. The molecule has 0 radical (unpaired) electrons. The molecule has 0 bridgehead atoms. The van der Waals surface area contributed by atoms with Crippen molar-refractivity contribution in [2.45, 2.75) is 5.92 Å². The molecule has 0 aliphatic heterocycles. The lowest BCUT2D eigenvalue weighted by atomic mass is 9.98. The fourth-order valence-electron chi connectivity index (χ4n) is 1.75. The van der Waals surface area contributed by atoms with Crippen LogP contribution in [0.5, 0.6) is 0 Å². The van der Waals surface area contributed by atoms with E-state index in [0.717, 1.165) is 11.4 Å². The van der Waals surface area contributed by atoms with Crippen molar-refractivity contribution in [2.75, 3.05) is 6.54 Å². The monoisotopic (exact) mass is 236 g/mol. The molecule has 16 heavy (non-hydrogen) atoms. The maximum Gasteiger partial charge on any atom is 0.138 e. The molecule has 1 aromatic heterocycles. The maximum absolute atomic E-state index is 6.15. The van der Waals surface area contributed by atoms with Gasteiger partial charge in [-0.1, -0.05) is 29.8 Å². The Labute approximate surface area is 99.1 Å². The molecule has 5 heteroatoms. The van der Waals surface area contributed by atoms with E-state index in [0.29, 0.717) is 11.6 Å². The molecule has 0 amide bonds. The molecule has 1 atom stereocenters. The van der Waals surface area contributed by atoms with Crippen molar-refractivity contribution in [3.05, 3.63) is 47.0 Å². The molecule has 1 unspecified atom stereocenters. The number of nitrogens with zero attached hydrogens (tertiary/aromatic N) is 3. The number of aryl methyl sites for hydroxylation is 1. The minimum absolute atomic E-state index is 0.0128. The molecule has 2 N–H and O–H groups in total. The first-order valence-corrected chi connectivity index (χ1v) is 5.40. The van der Waals surface area contributed by atoms with Gasteiger partial charge < -0.3 is 5.73 Å². The van der Waals surface area contributed by atoms with Crippen molar-refractivity contribution in [1.29, 1.82) is 0 Å². The molecule has 84 valence electrons. The lowest BCUT2D eigenvalue weighted by Gasteiger charge is -2.15. The van der Waals surface area contributed by atoms with E-state index in [1.165, 1.54) is 6.33 Å². The van der Waals surface area contributed by atoms with Gasteiger partial charge in [0.05, 0.1) is 5.92 Å². The molecule has 4 nitrogen and oxygen atoms in total. The largest absolute Gasteiger partial charge is 0.329 e. The van der Waals surface area contributed by atoms with E-state index in [4.69, 9.17) is 17.3 Å². The van der Waals surface area contributed by atoms with Crippen LogP contribution in [-0.4, -0.2) is 21.3 Å². The Morgan fingerprint density at radius 3 is 2.75 bits per heavy atom. The summed E-state index contributed by atoms with van der Waals surface area (Å²) in [4.78, 5) is 4.22. The van der Waals surface area contributed by atoms with Gasteiger partial charge in [-0.25, -0.2) is 4.98 Å². The predicted molar refractivity (Wildman–Crippen MR) is 63.4 cm³/mol. The predicted octanol–water partition coefficient (Wildman–Crippen LogP) is 1.56. The summed E-state index contributed by atoms with van der Waals surface area (Å²) in [5.41, 5.74) is 6.78. The first-order valence-electron chi connectivity index (χ1n) is 5.02. The van der Waals surface area contributed by atoms with Crippen LogP contribution in [0.15, 0.2) is 30.6 Å². The topological polar surface area (TPSA) is 56.7 Å². The van der Waals surface area contributed by atoms with E-state index in [9.17, 15) is 0 Å². The molecule has 0 aliphatic rings. The van der Waals surface area contributed by atoms with Gasteiger partial charge >= 0.3 is 0 Å². The summed E-state index contributed by atoms with van der Waals surface area (Å²) < 4.78 is 1.72. The second-order valence-corrected chi connectivity index (χ2v) is 3.96. The lowest BCUT2D eigenvalue weighted by Crippen LogP contribution is -2.18. The Morgan fingerprint density at radius 1 is 1.44 bits per heavy atom. The highest BCUT2D eigenvalue weighted by Gasteiger charge is 2.19. The minimum Gasteiger partial charge on any atom is -0.329 e. The Bertz CT molecular complexity index is 480. The van der Waals surface area contributed by atoms with Crippen LogP contribution in [0.25, 0.3) is 0 Å². The zero-order valence-corrected chi connectivity index (χ0v) is 9.72. The van der Waals surface area contributed by atoms with Crippen LogP contribution < -0.4 is 5.73 Å². The average Bonchev–Trinajstić information content (AvgIpc) is 2.69. The smallest absolute Gasteiger partial charge is 0.138 e. The first kappa shape index (κ1) is 11.1. The van der Waals surface area contributed by atoms with Crippen molar-refractivity contribution < 1.29 is 0 Å². The highest BCUT2D eigenvalue weighted by molar-refractivity contribution is 6.31. The van der Waals surface area contributed by atoms with Crippen LogP contribution in [0.2, 0.25) is 5.02 Å². The van der Waals surface area contributed by atoms with Crippen molar-refractivity contribution in [3.8, 4) is 0 Å². The van der Waals surface area contributed by atoms with E-state index in [1.807, 2.05) is 31.3 Å². The van der Waals surface area contributed by atoms with Crippen LogP contribution in [0.1, 0.15) is 17.3 Å². The third kappa shape index (κ3) is 1.94. The number of benzene rings is 1. The molecular weight excluding hydrogens is 224 g/mol. The molecule has 0 spiro atoms. The van der Waals surface area contributed by atoms with Gasteiger partial charge in [0.1, 0.15) is 12.2 Å². The van der Waals surface area contributed by atoms with Gasteiger partial charge in [-0.2, -0.15) is 5.10 Å². The normalized spacial score (nSPS) is 12.7. The summed E-state index contributed by atoms with van der Waals surface area (Å²) >= 11 is 6.15. The fraction of sp³-hybridized carbons (Fsp3) is 0.273. The van der Waals surface area contributed by atoms with E-state index < -0.39 is 0 Å². The van der Waals surface area contributed by atoms with E-state index in [2.05, 4.69) is 10.1 Å². The molecule has 2 aromatic rings. The Balaban J connectivity index is 2.45. The molecule has 0 aliphatic carbocycles. The van der Waals surface area contributed by atoms with Crippen molar-refractivity contribution in [3.63, 3.8) is 0 Å². The first-order chi connectivity index (χ1) is 7.74. The number of aromatic nitrogens is 3. The zero-order valence-electron chi connectivity index (χ0n) is 8.97. The third-order valence-electron chi connectivity index (χ3n) is 2.57. The van der Waals surface area contributed by atoms with Gasteiger partial charge in [0, 0.05) is 18.6 Å². The molecule has 1 aromatic carbocycles. The van der Waals surface area contributed by atoms with Crippen LogP contribution in [0.4, 0.5) is 0 Å². The number of rotatable bonds is 3. The summed E-state index contributed by atoms with van der Waals surface area (Å²) in [6.45, 7) is 0.455. The quantitative estimate of drug-likeness (QED) is 0.880. The summed E-state index contributed by atoms with van der Waals surface area (Å²) in [6.07, 6.45) is 1.52. The summed E-state index contributed by atoms with van der Waals surface area (Å²) in [5, 5.41) is 4.76. The second kappa shape index (κ2) is 4.63. The van der Waals surface area contributed by atoms with Gasteiger partial charge in [0.25, 0.3) is 0 Å². The number of hydrogen-bond donors (Lipinski definition) is 1. The summed E-state index contributed by atoms with van der Waals surface area (Å²) in [6, 6.07) is 7.67. The number of nitrogens with two attached hydrogens (primary N) is 1. The van der Waals surface area contributed by atoms with E-state index >= 15 is 0 Å². The molecule has 0 fully saturated rings. The van der Waals surface area contributed by atoms with Crippen LogP contribution in [0.3, 0.4) is 0 Å². The SMILES string of the molecule is Cn1ncnc1C(CN)c1ccccc1Cl. The number of hydrogen-bond acceptors (Lipinski definition) is 3. The molecule has 0 saturated heterocycles. The molecule has 0 saturated carbocycles. The van der Waals surface area contributed by atoms with Crippen molar-refractivity contribution in [1.82, 2.24) is 14.8 Å². The Kier molecular flexibility index (Phi) is 3.22. The van der Waals surface area contributed by atoms with Gasteiger partial charge in [0.2, 0.25) is 0 Å². The molecular formula is C11H13ClN4. The van der Waals surface area contributed by atoms with E-state index in [1.54, 1.807) is 4.68 Å². The maximum atomic E-state index is 6.15. The Morgan fingerprint density at radius 2 is 2.19 bits per heavy atom. The Hall–Kier alpha value is -1.39. The van der Waals surface area contributed by atoms with Crippen LogP contribution >= 0.6 is 11.6 Å². The van der Waals surface area contributed by atoms with Crippen LogP contribution in [0, 0.1) is 0 Å². The van der Waals surface area contributed by atoms with Crippen molar-refractivity contribution in [2.24, 2.45) is 12.8 Å².